The molecule has 162 valence electrons. The minimum Gasteiger partial charge on any atom is -0.496 e. The van der Waals surface area contributed by atoms with Crippen LogP contribution < -0.4 is 15.2 Å². The van der Waals surface area contributed by atoms with E-state index >= 15 is 0 Å². The number of halogens is 4. The molecule has 2 aromatic carbocycles. The Morgan fingerprint density at radius 1 is 1.16 bits per heavy atom. The number of aromatic nitrogens is 2. The van der Waals surface area contributed by atoms with E-state index < -0.39 is 17.3 Å². The summed E-state index contributed by atoms with van der Waals surface area (Å²) in [6, 6.07) is 12.2. The van der Waals surface area contributed by atoms with Crippen LogP contribution in [-0.2, 0) is 6.18 Å². The lowest BCUT2D eigenvalue weighted by molar-refractivity contribution is -0.137. The average Bonchev–Trinajstić information content (AvgIpc) is 3.25. The largest absolute Gasteiger partial charge is 0.496 e. The molecule has 0 spiro atoms. The van der Waals surface area contributed by atoms with Crippen LogP contribution in [0.4, 0.5) is 18.9 Å². The minimum absolute atomic E-state index is 0.00148. The lowest BCUT2D eigenvalue weighted by Gasteiger charge is -2.21. The van der Waals surface area contributed by atoms with Gasteiger partial charge in [-0.1, -0.05) is 35.9 Å². The third kappa shape index (κ3) is 4.12. The van der Waals surface area contributed by atoms with E-state index in [0.29, 0.717) is 18.8 Å². The number of benzene rings is 2. The van der Waals surface area contributed by atoms with E-state index in [1.807, 2.05) is 29.2 Å². The van der Waals surface area contributed by atoms with Crippen molar-refractivity contribution in [2.45, 2.75) is 18.5 Å². The second kappa shape index (κ2) is 8.26. The van der Waals surface area contributed by atoms with Gasteiger partial charge in [-0.2, -0.15) is 23.0 Å². The topological polar surface area (TPSA) is 47.4 Å². The van der Waals surface area contributed by atoms with Crippen LogP contribution in [0.1, 0.15) is 23.5 Å². The molecule has 0 bridgehead atoms. The molecular weight excluding hydrogens is 431 g/mol. The lowest BCUT2D eigenvalue weighted by atomic mass is 9.97. The number of ether oxygens (including phenoxy) is 1. The van der Waals surface area contributed by atoms with Crippen LogP contribution in [0.3, 0.4) is 0 Å². The zero-order valence-electron chi connectivity index (χ0n) is 16.6. The van der Waals surface area contributed by atoms with E-state index in [9.17, 15) is 18.0 Å². The summed E-state index contributed by atoms with van der Waals surface area (Å²) >= 11 is 6.35. The molecule has 0 saturated carbocycles. The third-order valence-electron chi connectivity index (χ3n) is 5.43. The van der Waals surface area contributed by atoms with Gasteiger partial charge in [0.15, 0.2) is 0 Å². The molecule has 1 aliphatic rings. The van der Waals surface area contributed by atoms with Crippen molar-refractivity contribution in [2.24, 2.45) is 0 Å². The van der Waals surface area contributed by atoms with Crippen LogP contribution in [0.25, 0.3) is 5.69 Å². The smallest absolute Gasteiger partial charge is 0.416 e. The zero-order chi connectivity index (χ0) is 22.2. The van der Waals surface area contributed by atoms with Crippen molar-refractivity contribution in [3.8, 4) is 11.4 Å². The molecule has 9 heteroatoms. The van der Waals surface area contributed by atoms with Gasteiger partial charge >= 0.3 is 6.18 Å². The van der Waals surface area contributed by atoms with Gasteiger partial charge in [-0.3, -0.25) is 4.79 Å². The number of hydrogen-bond acceptors (Lipinski definition) is 4. The van der Waals surface area contributed by atoms with Gasteiger partial charge in [0, 0.05) is 19.0 Å². The van der Waals surface area contributed by atoms with Crippen molar-refractivity contribution in [3.05, 3.63) is 81.2 Å². The predicted octanol–water partition coefficient (Wildman–Crippen LogP) is 4.91. The lowest BCUT2D eigenvalue weighted by Crippen LogP contribution is -2.27. The number of rotatable bonds is 4. The first-order chi connectivity index (χ1) is 14.8. The van der Waals surface area contributed by atoms with Gasteiger partial charge in [-0.15, -0.1) is 0 Å². The maximum atomic E-state index is 13.0. The summed E-state index contributed by atoms with van der Waals surface area (Å²) in [5, 5.41) is 4.02. The van der Waals surface area contributed by atoms with Crippen molar-refractivity contribution in [1.29, 1.82) is 0 Å². The molecule has 1 atom stereocenters. The van der Waals surface area contributed by atoms with Gasteiger partial charge in [-0.25, -0.2) is 0 Å². The van der Waals surface area contributed by atoms with Crippen LogP contribution in [0.2, 0.25) is 5.02 Å². The molecule has 5 nitrogen and oxygen atoms in total. The Kier molecular flexibility index (Phi) is 5.66. The van der Waals surface area contributed by atoms with E-state index in [2.05, 4.69) is 5.10 Å². The first-order valence-electron chi connectivity index (χ1n) is 9.63. The Labute approximate surface area is 181 Å². The van der Waals surface area contributed by atoms with E-state index in [1.165, 1.54) is 18.3 Å². The summed E-state index contributed by atoms with van der Waals surface area (Å²) < 4.78 is 45.4. The normalized spacial score (nSPS) is 16.5. The Hall–Kier alpha value is -3.00. The fourth-order valence-corrected chi connectivity index (χ4v) is 4.13. The third-order valence-corrected chi connectivity index (χ3v) is 5.78. The van der Waals surface area contributed by atoms with Crippen LogP contribution in [0, 0.1) is 0 Å². The molecule has 4 rings (SSSR count). The van der Waals surface area contributed by atoms with Crippen LogP contribution >= 0.6 is 11.6 Å². The number of nitrogens with zero attached hydrogens (tertiary/aromatic N) is 3. The average molecular weight is 450 g/mol. The van der Waals surface area contributed by atoms with Gasteiger partial charge in [-0.05, 0) is 36.2 Å². The number of para-hydroxylation sites is 1. The highest BCUT2D eigenvalue weighted by Crippen LogP contribution is 2.36. The summed E-state index contributed by atoms with van der Waals surface area (Å²) in [6.07, 6.45) is -2.26. The summed E-state index contributed by atoms with van der Waals surface area (Å²) in [7, 11) is 1.62. The summed E-state index contributed by atoms with van der Waals surface area (Å²) in [6.45, 7) is 1.28. The molecule has 1 aliphatic heterocycles. The zero-order valence-corrected chi connectivity index (χ0v) is 17.3. The van der Waals surface area contributed by atoms with Crippen molar-refractivity contribution < 1.29 is 17.9 Å². The molecule has 1 fully saturated rings. The summed E-state index contributed by atoms with van der Waals surface area (Å²) in [5.74, 6) is 0.997. The molecule has 0 N–H and O–H groups in total. The first-order valence-corrected chi connectivity index (χ1v) is 10.0. The first kappa shape index (κ1) is 21.2. The van der Waals surface area contributed by atoms with Gasteiger partial charge in [0.05, 0.1) is 30.2 Å². The molecule has 31 heavy (non-hydrogen) atoms. The molecule has 0 aliphatic carbocycles. The van der Waals surface area contributed by atoms with Crippen molar-refractivity contribution in [1.82, 2.24) is 9.78 Å². The second-order valence-corrected chi connectivity index (χ2v) is 7.66. The maximum absolute atomic E-state index is 13.0. The fraction of sp³-hybridized carbons (Fsp3) is 0.273. The molecule has 1 unspecified atom stereocenters. The van der Waals surface area contributed by atoms with E-state index in [0.717, 1.165) is 34.5 Å². The number of methoxy groups -OCH3 is 1. The van der Waals surface area contributed by atoms with Gasteiger partial charge < -0.3 is 9.64 Å². The van der Waals surface area contributed by atoms with Crippen molar-refractivity contribution in [2.75, 3.05) is 25.1 Å². The Morgan fingerprint density at radius 3 is 2.68 bits per heavy atom. The number of alkyl halides is 3. The van der Waals surface area contributed by atoms with Gasteiger partial charge in [0.1, 0.15) is 10.8 Å². The van der Waals surface area contributed by atoms with E-state index in [1.54, 1.807) is 7.11 Å². The Morgan fingerprint density at radius 2 is 1.94 bits per heavy atom. The van der Waals surface area contributed by atoms with Crippen molar-refractivity contribution in [3.63, 3.8) is 0 Å². The number of anilines is 1. The van der Waals surface area contributed by atoms with E-state index in [-0.39, 0.29) is 16.6 Å². The molecule has 1 saturated heterocycles. The molecule has 0 amide bonds. The monoisotopic (exact) mass is 449 g/mol. The van der Waals surface area contributed by atoms with Crippen LogP contribution in [0.5, 0.6) is 5.75 Å². The highest BCUT2D eigenvalue weighted by Gasteiger charge is 2.31. The molecule has 3 aromatic rings. The molecule has 2 heterocycles. The quantitative estimate of drug-likeness (QED) is 0.568. The highest BCUT2D eigenvalue weighted by atomic mass is 35.5. The highest BCUT2D eigenvalue weighted by molar-refractivity contribution is 6.33. The molecule has 0 radical (unpaired) electrons. The Balaban J connectivity index is 1.63. The maximum Gasteiger partial charge on any atom is 0.416 e. The number of hydrogen-bond donors (Lipinski definition) is 0. The SMILES string of the molecule is COc1ccccc1C1CCN(c2cnn(-c3cccc(C(F)(F)F)c3)c(=O)c2Cl)C1. The van der Waals surface area contributed by atoms with Crippen LogP contribution in [0.15, 0.2) is 59.5 Å². The van der Waals surface area contributed by atoms with E-state index in [4.69, 9.17) is 16.3 Å². The minimum atomic E-state index is -4.52. The summed E-state index contributed by atoms with van der Waals surface area (Å²) in [5.41, 5.74) is 0.0140. The van der Waals surface area contributed by atoms with Gasteiger partial charge in [0.2, 0.25) is 0 Å². The second-order valence-electron chi connectivity index (χ2n) is 7.28. The molecule has 1 aromatic heterocycles. The van der Waals surface area contributed by atoms with Crippen molar-refractivity contribution >= 4 is 17.3 Å². The standard InChI is InChI=1S/C22H19ClF3N3O2/c1-31-19-8-3-2-7-17(19)14-9-10-28(13-14)18-12-27-29(21(30)20(18)23)16-6-4-5-15(11-16)22(24,25)26/h2-8,11-12,14H,9-10,13H2,1H3. The van der Waals surface area contributed by atoms with Gasteiger partial charge in [0.25, 0.3) is 5.56 Å². The predicted molar refractivity (Wildman–Crippen MR) is 112 cm³/mol. The Bertz CT molecular complexity index is 1160. The summed E-state index contributed by atoms with van der Waals surface area (Å²) in [4.78, 5) is 14.8. The van der Waals surface area contributed by atoms with Crippen LogP contribution in [-0.4, -0.2) is 30.0 Å². The molecular formula is C22H19ClF3N3O2. The fourth-order valence-electron chi connectivity index (χ4n) is 3.88.